The number of nitrogens with one attached hydrogen (secondary N) is 1. The van der Waals surface area contributed by atoms with Gasteiger partial charge in [-0.2, -0.15) is 12.6 Å². The lowest BCUT2D eigenvalue weighted by Crippen LogP contribution is -2.29. The number of benzene rings is 1. The smallest absolute Gasteiger partial charge is 0.318 e. The molecule has 1 unspecified atom stereocenters. The van der Waals surface area contributed by atoms with Crippen molar-refractivity contribution >= 4 is 18.7 Å². The number of thiol groups is 1. The van der Waals surface area contributed by atoms with Gasteiger partial charge in [0.15, 0.2) is 0 Å². The van der Waals surface area contributed by atoms with E-state index in [0.29, 0.717) is 12.3 Å². The molecule has 1 heterocycles. The van der Waals surface area contributed by atoms with Crippen LogP contribution in [0.2, 0.25) is 0 Å². The minimum absolute atomic E-state index is 0.0119. The third-order valence-electron chi connectivity index (χ3n) is 2.56. The van der Waals surface area contributed by atoms with Crippen LogP contribution in [0, 0.1) is 0 Å². The summed E-state index contributed by atoms with van der Waals surface area (Å²) < 4.78 is 0. The van der Waals surface area contributed by atoms with Crippen molar-refractivity contribution in [2.24, 2.45) is 0 Å². The van der Waals surface area contributed by atoms with Gasteiger partial charge in [0.1, 0.15) is 0 Å². The molecular weight excluding hydrogens is 208 g/mol. The Labute approximate surface area is 94.9 Å². The van der Waals surface area contributed by atoms with E-state index in [-0.39, 0.29) is 12.1 Å². The van der Waals surface area contributed by atoms with Crippen molar-refractivity contribution in [3.05, 3.63) is 35.9 Å². The highest BCUT2D eigenvalue weighted by atomic mass is 32.1. The predicted octanol–water partition coefficient (Wildman–Crippen LogP) is 1.68. The molecule has 0 bridgehead atoms. The second-order valence-corrected chi connectivity index (χ2v) is 4.03. The number of hydrogen-bond acceptors (Lipinski definition) is 2. The third-order valence-corrected chi connectivity index (χ3v) is 2.76. The van der Waals surface area contributed by atoms with Gasteiger partial charge in [-0.05, 0) is 5.56 Å². The van der Waals surface area contributed by atoms with Crippen molar-refractivity contribution < 1.29 is 4.79 Å². The summed E-state index contributed by atoms with van der Waals surface area (Å²) in [5.74, 6) is 0.703. The van der Waals surface area contributed by atoms with Crippen LogP contribution in [0.25, 0.3) is 0 Å². The Kier molecular flexibility index (Phi) is 3.16. The fourth-order valence-corrected chi connectivity index (χ4v) is 2.02. The minimum Gasteiger partial charge on any atom is -0.329 e. The molecule has 2 rings (SSSR count). The topological polar surface area (TPSA) is 32.3 Å². The largest absolute Gasteiger partial charge is 0.329 e. The van der Waals surface area contributed by atoms with Gasteiger partial charge in [0.05, 0.1) is 6.04 Å². The van der Waals surface area contributed by atoms with Gasteiger partial charge in [0.2, 0.25) is 0 Å². The highest BCUT2D eigenvalue weighted by Crippen LogP contribution is 2.19. The van der Waals surface area contributed by atoms with Gasteiger partial charge in [-0.1, -0.05) is 30.3 Å². The molecule has 0 saturated carbocycles. The molecule has 15 heavy (non-hydrogen) atoms. The van der Waals surface area contributed by atoms with Gasteiger partial charge in [0.25, 0.3) is 0 Å². The zero-order valence-electron chi connectivity index (χ0n) is 8.39. The summed E-state index contributed by atoms with van der Waals surface area (Å²) in [5, 5.41) is 2.96. The molecule has 80 valence electrons. The number of amides is 2. The average Bonchev–Trinajstić information content (AvgIpc) is 2.63. The second-order valence-electron chi connectivity index (χ2n) is 3.58. The van der Waals surface area contributed by atoms with Crippen LogP contribution in [-0.2, 0) is 0 Å². The average molecular weight is 222 g/mol. The molecule has 0 aromatic heterocycles. The SMILES string of the molecule is O=C1NC(c2ccccc2)CN1CCS. The minimum atomic E-state index is 0.0119. The van der Waals surface area contributed by atoms with E-state index in [1.807, 2.05) is 30.3 Å². The van der Waals surface area contributed by atoms with Gasteiger partial charge >= 0.3 is 6.03 Å². The predicted molar refractivity (Wildman–Crippen MR) is 63.1 cm³/mol. The lowest BCUT2D eigenvalue weighted by atomic mass is 10.1. The Morgan fingerprint density at radius 3 is 2.80 bits per heavy atom. The van der Waals surface area contributed by atoms with Crippen LogP contribution in [0.15, 0.2) is 30.3 Å². The molecule has 1 saturated heterocycles. The molecule has 1 fully saturated rings. The molecular formula is C11H14N2OS. The van der Waals surface area contributed by atoms with Crippen LogP contribution < -0.4 is 5.32 Å². The Morgan fingerprint density at radius 1 is 1.40 bits per heavy atom. The standard InChI is InChI=1S/C11H14N2OS/c14-11-12-10(8-13(11)6-7-15)9-4-2-1-3-5-9/h1-5,10,15H,6-8H2,(H,12,14). The van der Waals surface area contributed by atoms with Crippen LogP contribution in [0.3, 0.4) is 0 Å². The van der Waals surface area contributed by atoms with Gasteiger partial charge < -0.3 is 10.2 Å². The zero-order chi connectivity index (χ0) is 10.7. The maximum atomic E-state index is 11.5. The number of carbonyl (C=O) groups is 1. The first-order valence-corrected chi connectivity index (χ1v) is 5.66. The van der Waals surface area contributed by atoms with Gasteiger partial charge in [-0.3, -0.25) is 0 Å². The molecule has 1 atom stereocenters. The van der Waals surface area contributed by atoms with E-state index in [2.05, 4.69) is 17.9 Å². The Morgan fingerprint density at radius 2 is 2.13 bits per heavy atom. The molecule has 1 aromatic rings. The lowest BCUT2D eigenvalue weighted by Gasteiger charge is -2.12. The van der Waals surface area contributed by atoms with E-state index >= 15 is 0 Å². The van der Waals surface area contributed by atoms with E-state index in [9.17, 15) is 4.79 Å². The van der Waals surface area contributed by atoms with Crippen molar-refractivity contribution in [1.29, 1.82) is 0 Å². The van der Waals surface area contributed by atoms with Crippen molar-refractivity contribution in [2.75, 3.05) is 18.8 Å². The fraction of sp³-hybridized carbons (Fsp3) is 0.364. The van der Waals surface area contributed by atoms with Crippen molar-refractivity contribution in [3.63, 3.8) is 0 Å². The van der Waals surface area contributed by atoms with Crippen molar-refractivity contribution in [1.82, 2.24) is 10.2 Å². The summed E-state index contributed by atoms with van der Waals surface area (Å²) in [4.78, 5) is 13.3. The summed E-state index contributed by atoms with van der Waals surface area (Å²) in [5.41, 5.74) is 1.16. The molecule has 0 radical (unpaired) electrons. The van der Waals surface area contributed by atoms with Gasteiger partial charge in [0, 0.05) is 18.8 Å². The molecule has 1 aliphatic heterocycles. The van der Waals surface area contributed by atoms with Gasteiger partial charge in [-0.25, -0.2) is 4.79 Å². The van der Waals surface area contributed by atoms with E-state index in [0.717, 1.165) is 12.1 Å². The normalized spacial score (nSPS) is 20.5. The van der Waals surface area contributed by atoms with E-state index in [4.69, 9.17) is 0 Å². The zero-order valence-corrected chi connectivity index (χ0v) is 9.28. The molecule has 2 amide bonds. The molecule has 0 spiro atoms. The highest BCUT2D eigenvalue weighted by Gasteiger charge is 2.28. The van der Waals surface area contributed by atoms with Gasteiger partial charge in [-0.15, -0.1) is 0 Å². The molecule has 4 heteroatoms. The van der Waals surface area contributed by atoms with Crippen molar-refractivity contribution in [3.8, 4) is 0 Å². The fourth-order valence-electron chi connectivity index (χ4n) is 1.78. The molecule has 1 N–H and O–H groups in total. The molecule has 1 aliphatic rings. The number of carbonyl (C=O) groups excluding carboxylic acids is 1. The Hall–Kier alpha value is -1.16. The highest BCUT2D eigenvalue weighted by molar-refractivity contribution is 7.80. The summed E-state index contributed by atoms with van der Waals surface area (Å²) in [7, 11) is 0. The second kappa shape index (κ2) is 4.57. The number of nitrogens with zero attached hydrogens (tertiary/aromatic N) is 1. The molecule has 3 nitrogen and oxygen atoms in total. The first-order chi connectivity index (χ1) is 7.31. The first-order valence-electron chi connectivity index (χ1n) is 5.02. The van der Waals surface area contributed by atoms with Crippen LogP contribution in [0.1, 0.15) is 11.6 Å². The summed E-state index contributed by atoms with van der Waals surface area (Å²) in [6, 6.07) is 10.2. The summed E-state index contributed by atoms with van der Waals surface area (Å²) >= 11 is 4.13. The molecule has 1 aromatic carbocycles. The summed E-state index contributed by atoms with van der Waals surface area (Å²) in [6.45, 7) is 1.45. The number of urea groups is 1. The van der Waals surface area contributed by atoms with Crippen molar-refractivity contribution in [2.45, 2.75) is 6.04 Å². The maximum Gasteiger partial charge on any atom is 0.318 e. The number of hydrogen-bond donors (Lipinski definition) is 2. The van der Waals surface area contributed by atoms with E-state index < -0.39 is 0 Å². The first kappa shape index (κ1) is 10.4. The van der Waals surface area contributed by atoms with Crippen LogP contribution >= 0.6 is 12.6 Å². The van der Waals surface area contributed by atoms with Crippen LogP contribution in [-0.4, -0.2) is 29.8 Å². The molecule has 0 aliphatic carbocycles. The van der Waals surface area contributed by atoms with E-state index in [1.165, 1.54) is 0 Å². The monoisotopic (exact) mass is 222 g/mol. The van der Waals surface area contributed by atoms with Crippen LogP contribution in [0.4, 0.5) is 4.79 Å². The Balaban J connectivity index is 2.06. The third kappa shape index (κ3) is 2.26. The Bertz CT molecular complexity index is 342. The van der Waals surface area contributed by atoms with Crippen LogP contribution in [0.5, 0.6) is 0 Å². The quantitative estimate of drug-likeness (QED) is 0.749. The lowest BCUT2D eigenvalue weighted by molar-refractivity contribution is 0.220. The van der Waals surface area contributed by atoms with E-state index in [1.54, 1.807) is 4.90 Å². The maximum absolute atomic E-state index is 11.5. The number of rotatable bonds is 3. The summed E-state index contributed by atoms with van der Waals surface area (Å²) in [6.07, 6.45) is 0.